The molecule has 2 fully saturated rings. The summed E-state index contributed by atoms with van der Waals surface area (Å²) in [7, 11) is 3.50. The van der Waals surface area contributed by atoms with Crippen molar-refractivity contribution >= 4 is 0 Å². The largest absolute Gasteiger partial charge is 0.502 e. The van der Waals surface area contributed by atoms with Gasteiger partial charge < -0.3 is 19.6 Å². The van der Waals surface area contributed by atoms with Gasteiger partial charge in [-0.1, -0.05) is 36.1 Å². The third-order valence-electron chi connectivity index (χ3n) is 7.43. The Morgan fingerprint density at radius 1 is 0.947 bits per heavy atom. The van der Waals surface area contributed by atoms with Crippen molar-refractivity contribution in [2.45, 2.75) is 31.1 Å². The molecule has 2 aliphatic heterocycles. The molecule has 3 heterocycles. The lowest BCUT2D eigenvalue weighted by molar-refractivity contribution is -0.0334. The Kier molecular flexibility index (Phi) is 8.20. The Balaban J connectivity index is 1.24. The number of hydrogen-bond acceptors (Lipinski definition) is 7. The molecule has 0 bridgehead atoms. The summed E-state index contributed by atoms with van der Waals surface area (Å²) in [6, 6.07) is 16.6. The highest BCUT2D eigenvalue weighted by Gasteiger charge is 2.29. The highest BCUT2D eigenvalue weighted by atomic mass is 16.5. The second-order valence-corrected chi connectivity index (χ2v) is 10.1. The zero-order valence-corrected chi connectivity index (χ0v) is 21.9. The van der Waals surface area contributed by atoms with Gasteiger partial charge in [0.2, 0.25) is 5.75 Å². The van der Waals surface area contributed by atoms with E-state index in [-0.39, 0.29) is 17.8 Å². The van der Waals surface area contributed by atoms with Crippen molar-refractivity contribution in [2.75, 3.05) is 46.9 Å². The molecule has 2 aliphatic rings. The van der Waals surface area contributed by atoms with Crippen molar-refractivity contribution in [1.82, 2.24) is 19.8 Å². The fourth-order valence-electron chi connectivity index (χ4n) is 4.97. The molecule has 8 nitrogen and oxygen atoms in total. The number of H-pyrrole nitrogens is 1. The van der Waals surface area contributed by atoms with Crippen molar-refractivity contribution in [1.29, 1.82) is 0 Å². The molecule has 0 saturated carbocycles. The first-order valence-electron chi connectivity index (χ1n) is 13.0. The van der Waals surface area contributed by atoms with Gasteiger partial charge in [-0.05, 0) is 35.4 Å². The average Bonchev–Trinajstić information content (AvgIpc) is 2.89. The number of hydrogen-bond donors (Lipinski definition) is 2. The lowest BCUT2D eigenvalue weighted by Gasteiger charge is -2.40. The zero-order valence-electron chi connectivity index (χ0n) is 21.9. The second-order valence-electron chi connectivity index (χ2n) is 10.1. The summed E-state index contributed by atoms with van der Waals surface area (Å²) in [5.41, 5.74) is 4.20. The SMILES string of the molecule is COC1CN(Cc2ccc(C#Cc3ccc([C@@H](Cc4nc[nH]c(=O)c4O)CN4CC(OC)C4)cc3)cc2)C1. The summed E-state index contributed by atoms with van der Waals surface area (Å²) in [6.07, 6.45) is 2.43. The van der Waals surface area contributed by atoms with Crippen LogP contribution in [0.3, 0.4) is 0 Å². The molecule has 8 heteroatoms. The molecular weight excluding hydrogens is 480 g/mol. The number of nitrogens with one attached hydrogen (secondary N) is 1. The Morgan fingerprint density at radius 2 is 1.53 bits per heavy atom. The van der Waals surface area contributed by atoms with E-state index < -0.39 is 5.56 Å². The van der Waals surface area contributed by atoms with Crippen LogP contribution in [-0.4, -0.2) is 84.0 Å². The number of nitrogens with zero attached hydrogens (tertiary/aromatic N) is 3. The molecule has 0 unspecified atom stereocenters. The van der Waals surface area contributed by atoms with Gasteiger partial charge >= 0.3 is 0 Å². The maximum atomic E-state index is 11.9. The molecular formula is C30H34N4O4. The Bertz CT molecular complexity index is 1330. The summed E-state index contributed by atoms with van der Waals surface area (Å²) in [5, 5.41) is 10.2. The normalized spacial score (nSPS) is 17.3. The van der Waals surface area contributed by atoms with Crippen molar-refractivity contribution in [3.05, 3.63) is 93.2 Å². The summed E-state index contributed by atoms with van der Waals surface area (Å²) in [5.74, 6) is 6.28. The molecule has 3 aromatic rings. The van der Waals surface area contributed by atoms with Crippen molar-refractivity contribution in [2.24, 2.45) is 0 Å². The Labute approximate surface area is 223 Å². The summed E-state index contributed by atoms with van der Waals surface area (Å²) in [6.45, 7) is 5.44. The first-order chi connectivity index (χ1) is 18.5. The topological polar surface area (TPSA) is 90.9 Å². The second kappa shape index (κ2) is 11.9. The molecule has 0 amide bonds. The predicted molar refractivity (Wildman–Crippen MR) is 145 cm³/mol. The van der Waals surface area contributed by atoms with Gasteiger partial charge in [0.15, 0.2) is 0 Å². The standard InChI is InChI=1S/C30H34N4O4/c1-37-26-16-33(17-26)14-23-7-5-21(6-8-23)3-4-22-9-11-24(12-10-22)25(15-34-18-27(19-34)38-2)13-28-29(35)30(36)32-20-31-28/h5-12,20,25-27,35H,13-19H2,1-2H3,(H,31,32,36)/t25-/m0/s1. The van der Waals surface area contributed by atoms with Crippen LogP contribution in [0.5, 0.6) is 5.75 Å². The number of likely N-dealkylation sites (tertiary alicyclic amines) is 2. The first-order valence-corrected chi connectivity index (χ1v) is 13.0. The predicted octanol–water partition coefficient (Wildman–Crippen LogP) is 2.36. The van der Waals surface area contributed by atoms with Crippen molar-refractivity contribution < 1.29 is 14.6 Å². The number of aromatic hydroxyl groups is 1. The van der Waals surface area contributed by atoms with Gasteiger partial charge in [0.05, 0.1) is 24.2 Å². The highest BCUT2D eigenvalue weighted by molar-refractivity contribution is 5.44. The van der Waals surface area contributed by atoms with Gasteiger partial charge in [0.25, 0.3) is 5.56 Å². The van der Waals surface area contributed by atoms with E-state index >= 15 is 0 Å². The van der Waals surface area contributed by atoms with Crippen LogP contribution in [0.15, 0.2) is 59.7 Å². The van der Waals surface area contributed by atoms with Gasteiger partial charge in [-0.15, -0.1) is 0 Å². The Hall–Kier alpha value is -3.48. The average molecular weight is 515 g/mol. The van der Waals surface area contributed by atoms with E-state index in [1.165, 1.54) is 11.9 Å². The summed E-state index contributed by atoms with van der Waals surface area (Å²) in [4.78, 5) is 23.2. The third kappa shape index (κ3) is 6.32. The molecule has 0 aliphatic carbocycles. The third-order valence-corrected chi connectivity index (χ3v) is 7.43. The molecule has 2 aromatic carbocycles. The van der Waals surface area contributed by atoms with Crippen LogP contribution in [0.4, 0.5) is 0 Å². The molecule has 0 radical (unpaired) electrons. The van der Waals surface area contributed by atoms with Gasteiger partial charge in [-0.3, -0.25) is 14.6 Å². The minimum Gasteiger partial charge on any atom is -0.502 e. The van der Waals surface area contributed by atoms with E-state index in [4.69, 9.17) is 9.47 Å². The van der Waals surface area contributed by atoms with Gasteiger partial charge in [0, 0.05) is 77.0 Å². The van der Waals surface area contributed by atoms with E-state index in [1.807, 2.05) is 12.1 Å². The van der Waals surface area contributed by atoms with Gasteiger partial charge in [-0.2, -0.15) is 0 Å². The van der Waals surface area contributed by atoms with E-state index in [2.05, 4.69) is 68.0 Å². The number of benzene rings is 2. The number of rotatable bonds is 9. The molecule has 5 rings (SSSR count). The molecule has 38 heavy (non-hydrogen) atoms. The lowest BCUT2D eigenvalue weighted by Crippen LogP contribution is -2.53. The highest BCUT2D eigenvalue weighted by Crippen LogP contribution is 2.26. The van der Waals surface area contributed by atoms with E-state index in [9.17, 15) is 9.90 Å². The van der Waals surface area contributed by atoms with Gasteiger partial charge in [0.1, 0.15) is 0 Å². The van der Waals surface area contributed by atoms with E-state index in [1.54, 1.807) is 14.2 Å². The molecule has 1 atom stereocenters. The van der Waals surface area contributed by atoms with Crippen LogP contribution in [0, 0.1) is 11.8 Å². The van der Waals surface area contributed by atoms with Crippen molar-refractivity contribution in [3.8, 4) is 17.6 Å². The quantitative estimate of drug-likeness (QED) is 0.424. The molecule has 0 spiro atoms. The monoisotopic (exact) mass is 514 g/mol. The smallest absolute Gasteiger partial charge is 0.293 e. The van der Waals surface area contributed by atoms with E-state index in [0.29, 0.717) is 18.2 Å². The number of ether oxygens (including phenoxy) is 2. The minimum absolute atomic E-state index is 0.0631. The van der Waals surface area contributed by atoms with Crippen LogP contribution in [0.2, 0.25) is 0 Å². The summed E-state index contributed by atoms with van der Waals surface area (Å²) < 4.78 is 10.8. The van der Waals surface area contributed by atoms with Crippen LogP contribution in [0.1, 0.15) is 33.9 Å². The van der Waals surface area contributed by atoms with Crippen LogP contribution in [0.25, 0.3) is 0 Å². The fraction of sp³-hybridized carbons (Fsp3) is 0.400. The molecule has 198 valence electrons. The number of aromatic nitrogens is 2. The molecule has 1 aromatic heterocycles. The zero-order chi connectivity index (χ0) is 26.5. The fourth-order valence-corrected chi connectivity index (χ4v) is 4.97. The van der Waals surface area contributed by atoms with Crippen LogP contribution < -0.4 is 5.56 Å². The molecule has 2 N–H and O–H groups in total. The molecule has 2 saturated heterocycles. The first kappa shape index (κ1) is 26.1. The summed E-state index contributed by atoms with van der Waals surface area (Å²) >= 11 is 0. The van der Waals surface area contributed by atoms with Gasteiger partial charge in [-0.25, -0.2) is 4.98 Å². The Morgan fingerprint density at radius 3 is 2.13 bits per heavy atom. The van der Waals surface area contributed by atoms with Crippen molar-refractivity contribution in [3.63, 3.8) is 0 Å². The van der Waals surface area contributed by atoms with E-state index in [0.717, 1.165) is 56.0 Å². The maximum Gasteiger partial charge on any atom is 0.293 e. The maximum absolute atomic E-state index is 11.9. The number of aromatic amines is 1. The van der Waals surface area contributed by atoms with Crippen LogP contribution >= 0.6 is 0 Å². The van der Waals surface area contributed by atoms with Crippen LogP contribution in [-0.2, 0) is 22.4 Å². The number of methoxy groups -OCH3 is 2. The minimum atomic E-state index is -0.518. The lowest BCUT2D eigenvalue weighted by atomic mass is 9.91.